The lowest BCUT2D eigenvalue weighted by Gasteiger charge is -2.10. The number of nitrogens with zero attached hydrogens (tertiary/aromatic N) is 1. The van der Waals surface area contributed by atoms with Crippen molar-refractivity contribution in [2.24, 2.45) is 7.05 Å². The number of fused-ring (bicyclic) bond motifs is 1. The van der Waals surface area contributed by atoms with Crippen molar-refractivity contribution in [3.63, 3.8) is 0 Å². The highest BCUT2D eigenvalue weighted by atomic mass is 32.1. The van der Waals surface area contributed by atoms with E-state index in [1.807, 2.05) is 79.5 Å². The zero-order chi connectivity index (χ0) is 22.1. The van der Waals surface area contributed by atoms with E-state index in [0.717, 1.165) is 38.7 Å². The predicted molar refractivity (Wildman–Crippen MR) is 126 cm³/mol. The van der Waals surface area contributed by atoms with Gasteiger partial charge in [-0.05, 0) is 36.6 Å². The highest BCUT2D eigenvalue weighted by Gasteiger charge is 2.23. The number of nitrogens with one attached hydrogen (secondary N) is 1. The summed E-state index contributed by atoms with van der Waals surface area (Å²) in [5, 5.41) is 6.41. The average molecular weight is 433 g/mol. The normalized spacial score (nSPS) is 11.0. The number of anilines is 1. The summed E-state index contributed by atoms with van der Waals surface area (Å²) in [5.74, 6) is -0.631. The Hall–Kier alpha value is -3.38. The fourth-order valence-corrected chi connectivity index (χ4v) is 4.85. The molecule has 31 heavy (non-hydrogen) atoms. The number of amides is 1. The first kappa shape index (κ1) is 20.9. The molecule has 0 fully saturated rings. The molecule has 1 N–H and O–H groups in total. The molecular formula is C25H24N2O3S. The summed E-state index contributed by atoms with van der Waals surface area (Å²) in [6, 6.07) is 14.1. The van der Waals surface area contributed by atoms with Gasteiger partial charge in [0.15, 0.2) is 0 Å². The Labute approximate surface area is 185 Å². The fourth-order valence-electron chi connectivity index (χ4n) is 3.89. The molecule has 0 aliphatic rings. The van der Waals surface area contributed by atoms with E-state index in [4.69, 9.17) is 4.74 Å². The minimum Gasteiger partial charge on any atom is -0.465 e. The molecule has 4 rings (SSSR count). The van der Waals surface area contributed by atoms with Crippen LogP contribution in [-0.4, -0.2) is 23.6 Å². The van der Waals surface area contributed by atoms with Crippen molar-refractivity contribution >= 4 is 39.1 Å². The van der Waals surface area contributed by atoms with Gasteiger partial charge in [-0.2, -0.15) is 0 Å². The second kappa shape index (κ2) is 8.40. The number of aromatic nitrogens is 1. The van der Waals surface area contributed by atoms with Crippen LogP contribution in [0.15, 0.2) is 54.0 Å². The number of benzene rings is 2. The summed E-state index contributed by atoms with van der Waals surface area (Å²) in [4.78, 5) is 25.5. The molecule has 0 atom stereocenters. The summed E-state index contributed by atoms with van der Waals surface area (Å²) >= 11 is 1.34. The first-order valence-electron chi connectivity index (χ1n) is 9.99. The van der Waals surface area contributed by atoms with Crippen molar-refractivity contribution in [2.75, 3.05) is 12.4 Å². The van der Waals surface area contributed by atoms with Gasteiger partial charge in [-0.25, -0.2) is 4.79 Å². The van der Waals surface area contributed by atoms with Gasteiger partial charge in [-0.15, -0.1) is 11.3 Å². The van der Waals surface area contributed by atoms with Gasteiger partial charge in [0, 0.05) is 35.1 Å². The molecule has 4 aromatic rings. The van der Waals surface area contributed by atoms with Crippen molar-refractivity contribution in [3.05, 3.63) is 76.3 Å². The molecule has 158 valence electrons. The van der Waals surface area contributed by atoms with Crippen LogP contribution in [-0.2, 0) is 23.0 Å². The number of rotatable bonds is 5. The van der Waals surface area contributed by atoms with E-state index in [1.165, 1.54) is 18.4 Å². The molecule has 0 unspecified atom stereocenters. The molecular weight excluding hydrogens is 408 g/mol. The number of hydrogen-bond acceptors (Lipinski definition) is 4. The van der Waals surface area contributed by atoms with Crippen LogP contribution < -0.4 is 5.32 Å². The summed E-state index contributed by atoms with van der Waals surface area (Å²) in [6.45, 7) is 4.02. The number of methoxy groups -OCH3 is 1. The van der Waals surface area contributed by atoms with Gasteiger partial charge in [0.2, 0.25) is 5.91 Å². The molecule has 0 aliphatic heterocycles. The Morgan fingerprint density at radius 2 is 1.87 bits per heavy atom. The minimum atomic E-state index is -0.461. The summed E-state index contributed by atoms with van der Waals surface area (Å²) in [7, 11) is 3.32. The van der Waals surface area contributed by atoms with Crippen molar-refractivity contribution in [1.29, 1.82) is 0 Å². The monoisotopic (exact) mass is 432 g/mol. The van der Waals surface area contributed by atoms with E-state index in [2.05, 4.69) is 5.32 Å². The van der Waals surface area contributed by atoms with Crippen molar-refractivity contribution in [1.82, 2.24) is 4.57 Å². The highest BCUT2D eigenvalue weighted by Crippen LogP contribution is 2.38. The number of carbonyl (C=O) groups excluding carboxylic acids is 2. The molecule has 2 heterocycles. The first-order chi connectivity index (χ1) is 14.9. The third kappa shape index (κ3) is 3.99. The van der Waals surface area contributed by atoms with Gasteiger partial charge in [-0.1, -0.05) is 42.0 Å². The van der Waals surface area contributed by atoms with Crippen LogP contribution in [0.1, 0.15) is 27.0 Å². The SMILES string of the molecule is COC(=O)c1c(-c2cc(C)ccc2C)csc1NC(=O)Cc1cn(C)c2ccccc12. The quantitative estimate of drug-likeness (QED) is 0.424. The van der Waals surface area contributed by atoms with Crippen LogP contribution in [0.2, 0.25) is 0 Å². The van der Waals surface area contributed by atoms with E-state index in [1.54, 1.807) is 0 Å². The average Bonchev–Trinajstić information content (AvgIpc) is 3.30. The third-order valence-corrected chi connectivity index (χ3v) is 6.34. The molecule has 5 nitrogen and oxygen atoms in total. The number of carbonyl (C=O) groups is 2. The van der Waals surface area contributed by atoms with E-state index in [-0.39, 0.29) is 12.3 Å². The molecule has 0 saturated carbocycles. The number of hydrogen-bond donors (Lipinski definition) is 1. The van der Waals surface area contributed by atoms with Crippen LogP contribution in [0.25, 0.3) is 22.0 Å². The Morgan fingerprint density at radius 3 is 2.65 bits per heavy atom. The Balaban J connectivity index is 1.66. The number of ether oxygens (including phenoxy) is 1. The Kier molecular flexibility index (Phi) is 5.65. The third-order valence-electron chi connectivity index (χ3n) is 5.45. The number of thiophene rings is 1. The molecule has 0 radical (unpaired) electrons. The zero-order valence-corrected chi connectivity index (χ0v) is 18.8. The summed E-state index contributed by atoms with van der Waals surface area (Å²) in [5.41, 5.74) is 6.32. The number of aryl methyl sites for hydroxylation is 3. The van der Waals surface area contributed by atoms with E-state index in [0.29, 0.717) is 10.6 Å². The molecule has 0 spiro atoms. The molecule has 0 bridgehead atoms. The van der Waals surface area contributed by atoms with E-state index >= 15 is 0 Å². The Morgan fingerprint density at radius 1 is 1.10 bits per heavy atom. The predicted octanol–water partition coefficient (Wildman–Crippen LogP) is 5.49. The lowest BCUT2D eigenvalue weighted by molar-refractivity contribution is -0.115. The molecule has 0 aliphatic carbocycles. The second-order valence-electron chi connectivity index (χ2n) is 7.67. The van der Waals surface area contributed by atoms with Crippen molar-refractivity contribution in [2.45, 2.75) is 20.3 Å². The summed E-state index contributed by atoms with van der Waals surface area (Å²) < 4.78 is 7.06. The maximum absolute atomic E-state index is 12.9. The molecule has 2 aromatic carbocycles. The molecule has 2 aromatic heterocycles. The second-order valence-corrected chi connectivity index (χ2v) is 8.55. The van der Waals surface area contributed by atoms with Gasteiger partial charge in [0.25, 0.3) is 0 Å². The van der Waals surface area contributed by atoms with Crippen LogP contribution in [0.5, 0.6) is 0 Å². The maximum Gasteiger partial charge on any atom is 0.341 e. The van der Waals surface area contributed by atoms with Gasteiger partial charge < -0.3 is 14.6 Å². The lowest BCUT2D eigenvalue weighted by atomic mass is 9.97. The molecule has 0 saturated heterocycles. The van der Waals surface area contributed by atoms with Crippen molar-refractivity contribution < 1.29 is 14.3 Å². The smallest absolute Gasteiger partial charge is 0.341 e. The molecule has 6 heteroatoms. The lowest BCUT2D eigenvalue weighted by Crippen LogP contribution is -2.16. The zero-order valence-electron chi connectivity index (χ0n) is 18.0. The van der Waals surface area contributed by atoms with Crippen molar-refractivity contribution in [3.8, 4) is 11.1 Å². The standard InChI is InChI=1S/C25H24N2O3S/c1-15-9-10-16(2)19(11-15)20-14-31-24(23(20)25(29)30-4)26-22(28)12-17-13-27(3)21-8-6-5-7-18(17)21/h5-11,13-14H,12H2,1-4H3,(H,26,28). The van der Waals surface area contributed by atoms with Gasteiger partial charge in [-0.3, -0.25) is 4.79 Å². The van der Waals surface area contributed by atoms with Crippen LogP contribution in [0, 0.1) is 13.8 Å². The molecule has 1 amide bonds. The first-order valence-corrected chi connectivity index (χ1v) is 10.9. The topological polar surface area (TPSA) is 60.3 Å². The largest absolute Gasteiger partial charge is 0.465 e. The van der Waals surface area contributed by atoms with Crippen LogP contribution >= 0.6 is 11.3 Å². The van der Waals surface area contributed by atoms with Gasteiger partial charge in [0.05, 0.1) is 13.5 Å². The van der Waals surface area contributed by atoms with Gasteiger partial charge >= 0.3 is 5.97 Å². The summed E-state index contributed by atoms with van der Waals surface area (Å²) in [6.07, 6.45) is 2.19. The van der Waals surface area contributed by atoms with Crippen LogP contribution in [0.4, 0.5) is 5.00 Å². The minimum absolute atomic E-state index is 0.170. The van der Waals surface area contributed by atoms with E-state index in [9.17, 15) is 9.59 Å². The van der Waals surface area contributed by atoms with Gasteiger partial charge in [0.1, 0.15) is 10.6 Å². The van der Waals surface area contributed by atoms with E-state index < -0.39 is 5.97 Å². The highest BCUT2D eigenvalue weighted by molar-refractivity contribution is 7.15. The Bertz CT molecular complexity index is 1300. The maximum atomic E-state index is 12.9. The number of esters is 1. The fraction of sp³-hybridized carbons (Fsp3) is 0.200. The van der Waals surface area contributed by atoms with Crippen LogP contribution in [0.3, 0.4) is 0 Å². The number of para-hydroxylation sites is 1.